The largest absolute Gasteiger partial charge is 0.406 e. The van der Waals surface area contributed by atoms with Crippen molar-refractivity contribution in [3.05, 3.63) is 33.6 Å². The molecule has 0 saturated heterocycles. The molecule has 0 aliphatic heterocycles. The molecule has 0 bridgehead atoms. The van der Waals surface area contributed by atoms with Gasteiger partial charge in [-0.15, -0.1) is 5.10 Å². The molecule has 0 amide bonds. The summed E-state index contributed by atoms with van der Waals surface area (Å²) in [5.74, 6) is 0.531. The van der Waals surface area contributed by atoms with Crippen LogP contribution in [0, 0.1) is 0 Å². The minimum absolute atomic E-state index is 0.351. The van der Waals surface area contributed by atoms with Gasteiger partial charge in [0.1, 0.15) is 0 Å². The first-order chi connectivity index (χ1) is 8.19. The van der Waals surface area contributed by atoms with Crippen LogP contribution in [0.5, 0.6) is 0 Å². The Hall–Kier alpha value is -1.11. The summed E-state index contributed by atoms with van der Waals surface area (Å²) >= 11 is 9.24. The van der Waals surface area contributed by atoms with E-state index in [4.69, 9.17) is 16.0 Å². The standard InChI is InChI=1S/C10H10BrClN4O/c1-13-5-9-15-16-10(17-9)14-6-2-3-8(12)7(11)4-6/h2-4,13H,5H2,1H3,(H,14,16). The van der Waals surface area contributed by atoms with Crippen LogP contribution in [-0.2, 0) is 6.54 Å². The number of anilines is 2. The third-order valence-corrected chi connectivity index (χ3v) is 3.18. The molecular formula is C10H10BrClN4O. The van der Waals surface area contributed by atoms with Crippen LogP contribution in [0.15, 0.2) is 27.1 Å². The lowest BCUT2D eigenvalue weighted by atomic mass is 10.3. The quantitative estimate of drug-likeness (QED) is 0.908. The highest BCUT2D eigenvalue weighted by Gasteiger charge is 2.06. The molecule has 5 nitrogen and oxygen atoms in total. The summed E-state index contributed by atoms with van der Waals surface area (Å²) < 4.78 is 6.16. The van der Waals surface area contributed by atoms with Crippen LogP contribution < -0.4 is 10.6 Å². The van der Waals surface area contributed by atoms with Crippen molar-refractivity contribution < 1.29 is 4.42 Å². The lowest BCUT2D eigenvalue weighted by Crippen LogP contribution is -2.04. The maximum absolute atomic E-state index is 5.89. The summed E-state index contributed by atoms with van der Waals surface area (Å²) in [5.41, 5.74) is 0.820. The first-order valence-electron chi connectivity index (χ1n) is 4.88. The molecule has 2 rings (SSSR count). The molecule has 0 aliphatic carbocycles. The van der Waals surface area contributed by atoms with Crippen LogP contribution in [0.1, 0.15) is 5.89 Å². The van der Waals surface area contributed by atoms with E-state index in [0.717, 1.165) is 10.2 Å². The van der Waals surface area contributed by atoms with E-state index in [1.165, 1.54) is 0 Å². The fraction of sp³-hybridized carbons (Fsp3) is 0.200. The Bertz CT molecular complexity index is 517. The van der Waals surface area contributed by atoms with Crippen molar-refractivity contribution in [1.82, 2.24) is 15.5 Å². The smallest absolute Gasteiger partial charge is 0.320 e. The molecule has 2 aromatic rings. The maximum atomic E-state index is 5.89. The summed E-state index contributed by atoms with van der Waals surface area (Å²) in [7, 11) is 1.81. The van der Waals surface area contributed by atoms with Crippen molar-refractivity contribution >= 4 is 39.2 Å². The monoisotopic (exact) mass is 316 g/mol. The SMILES string of the molecule is CNCc1nnc(Nc2ccc(Cl)c(Br)c2)o1. The minimum atomic E-state index is 0.351. The molecule has 2 N–H and O–H groups in total. The second-order valence-electron chi connectivity index (χ2n) is 3.29. The van der Waals surface area contributed by atoms with Gasteiger partial charge in [0.15, 0.2) is 0 Å². The Morgan fingerprint density at radius 2 is 2.24 bits per heavy atom. The molecule has 0 atom stereocenters. The Morgan fingerprint density at radius 3 is 2.94 bits per heavy atom. The van der Waals surface area contributed by atoms with Gasteiger partial charge in [-0.3, -0.25) is 0 Å². The Kier molecular flexibility index (Phi) is 3.98. The molecule has 1 aromatic carbocycles. The summed E-state index contributed by atoms with van der Waals surface area (Å²) in [5, 5.41) is 14.3. The molecule has 0 radical (unpaired) electrons. The van der Waals surface area contributed by atoms with E-state index in [2.05, 4.69) is 36.8 Å². The van der Waals surface area contributed by atoms with Crippen molar-refractivity contribution in [2.45, 2.75) is 6.54 Å². The molecule has 0 saturated carbocycles. The van der Waals surface area contributed by atoms with Crippen LogP contribution in [0.3, 0.4) is 0 Å². The van der Waals surface area contributed by atoms with Gasteiger partial charge < -0.3 is 15.1 Å². The fourth-order valence-corrected chi connectivity index (χ4v) is 1.72. The zero-order chi connectivity index (χ0) is 12.3. The summed E-state index contributed by atoms with van der Waals surface area (Å²) in [6.45, 7) is 0.541. The molecule has 17 heavy (non-hydrogen) atoms. The number of nitrogens with zero attached hydrogens (tertiary/aromatic N) is 2. The van der Waals surface area contributed by atoms with Crippen molar-refractivity contribution in [1.29, 1.82) is 0 Å². The Morgan fingerprint density at radius 1 is 1.41 bits per heavy atom. The molecule has 90 valence electrons. The van der Waals surface area contributed by atoms with Crippen LogP contribution >= 0.6 is 27.5 Å². The number of hydrogen-bond acceptors (Lipinski definition) is 5. The predicted octanol–water partition coefficient (Wildman–Crippen LogP) is 2.95. The van der Waals surface area contributed by atoms with Gasteiger partial charge in [0.2, 0.25) is 5.89 Å². The Balaban J connectivity index is 2.11. The molecule has 1 aromatic heterocycles. The number of nitrogens with one attached hydrogen (secondary N) is 2. The zero-order valence-corrected chi connectivity index (χ0v) is 11.3. The van der Waals surface area contributed by atoms with Gasteiger partial charge in [-0.1, -0.05) is 16.7 Å². The average Bonchev–Trinajstić information content (AvgIpc) is 2.72. The van der Waals surface area contributed by atoms with Gasteiger partial charge in [0, 0.05) is 10.2 Å². The van der Waals surface area contributed by atoms with Gasteiger partial charge in [-0.2, -0.15) is 0 Å². The molecule has 0 spiro atoms. The third kappa shape index (κ3) is 3.18. The molecule has 7 heteroatoms. The summed E-state index contributed by atoms with van der Waals surface area (Å²) in [6, 6.07) is 5.79. The van der Waals surface area contributed by atoms with Crippen molar-refractivity contribution in [2.24, 2.45) is 0 Å². The highest BCUT2D eigenvalue weighted by molar-refractivity contribution is 9.10. The number of rotatable bonds is 4. The van der Waals surface area contributed by atoms with Gasteiger partial charge in [-0.25, -0.2) is 0 Å². The number of halogens is 2. The first kappa shape index (κ1) is 12.3. The van der Waals surface area contributed by atoms with E-state index >= 15 is 0 Å². The van der Waals surface area contributed by atoms with Gasteiger partial charge in [0.25, 0.3) is 0 Å². The van der Waals surface area contributed by atoms with E-state index in [1.807, 2.05) is 19.2 Å². The zero-order valence-electron chi connectivity index (χ0n) is 9.00. The molecule has 0 unspecified atom stereocenters. The lowest BCUT2D eigenvalue weighted by molar-refractivity contribution is 0.493. The lowest BCUT2D eigenvalue weighted by Gasteiger charge is -2.02. The van der Waals surface area contributed by atoms with E-state index in [9.17, 15) is 0 Å². The number of benzene rings is 1. The van der Waals surface area contributed by atoms with Crippen LogP contribution in [-0.4, -0.2) is 17.2 Å². The van der Waals surface area contributed by atoms with Gasteiger partial charge >= 0.3 is 6.01 Å². The minimum Gasteiger partial charge on any atom is -0.406 e. The second kappa shape index (κ2) is 5.48. The van der Waals surface area contributed by atoms with E-state index < -0.39 is 0 Å². The molecular weight excluding hydrogens is 307 g/mol. The summed E-state index contributed by atoms with van der Waals surface area (Å²) in [6.07, 6.45) is 0. The predicted molar refractivity (Wildman–Crippen MR) is 69.5 cm³/mol. The van der Waals surface area contributed by atoms with E-state index in [1.54, 1.807) is 6.07 Å². The average molecular weight is 318 g/mol. The number of aromatic nitrogens is 2. The Labute approximate surface area is 112 Å². The molecule has 1 heterocycles. The molecule has 0 fully saturated rings. The fourth-order valence-electron chi connectivity index (χ4n) is 1.22. The number of hydrogen-bond donors (Lipinski definition) is 2. The van der Waals surface area contributed by atoms with Gasteiger partial charge in [-0.05, 0) is 41.2 Å². The maximum Gasteiger partial charge on any atom is 0.320 e. The van der Waals surface area contributed by atoms with E-state index in [0.29, 0.717) is 23.5 Å². The van der Waals surface area contributed by atoms with Crippen molar-refractivity contribution in [3.63, 3.8) is 0 Å². The third-order valence-electron chi connectivity index (χ3n) is 1.97. The van der Waals surface area contributed by atoms with Crippen molar-refractivity contribution in [2.75, 3.05) is 12.4 Å². The topological polar surface area (TPSA) is 63.0 Å². The second-order valence-corrected chi connectivity index (χ2v) is 4.55. The van der Waals surface area contributed by atoms with Gasteiger partial charge in [0.05, 0.1) is 11.6 Å². The van der Waals surface area contributed by atoms with Crippen LogP contribution in [0.25, 0.3) is 0 Å². The van der Waals surface area contributed by atoms with E-state index in [-0.39, 0.29) is 0 Å². The van der Waals surface area contributed by atoms with Crippen LogP contribution in [0.4, 0.5) is 11.7 Å². The first-order valence-corrected chi connectivity index (χ1v) is 6.05. The highest BCUT2D eigenvalue weighted by Crippen LogP contribution is 2.26. The van der Waals surface area contributed by atoms with Crippen molar-refractivity contribution in [3.8, 4) is 0 Å². The normalized spacial score (nSPS) is 10.5. The van der Waals surface area contributed by atoms with Crippen LogP contribution in [0.2, 0.25) is 5.02 Å². The molecule has 0 aliphatic rings. The summed E-state index contributed by atoms with van der Waals surface area (Å²) in [4.78, 5) is 0. The highest BCUT2D eigenvalue weighted by atomic mass is 79.9.